The van der Waals surface area contributed by atoms with E-state index in [1.807, 2.05) is 0 Å². The molecule has 0 unspecified atom stereocenters. The minimum atomic E-state index is -2.62. The third-order valence-corrected chi connectivity index (χ3v) is 2.23. The number of hydrogen-bond donors (Lipinski definition) is 1. The van der Waals surface area contributed by atoms with Gasteiger partial charge in [-0.15, -0.1) is 6.58 Å². The fraction of sp³-hybridized carbons (Fsp3) is 0.455. The summed E-state index contributed by atoms with van der Waals surface area (Å²) in [6.07, 6.45) is 4.10. The number of hydrogen-bond acceptors (Lipinski definition) is 3. The number of likely N-dealkylation sites (N-methyl/N-ethyl adjacent to an activating group) is 1. The Morgan fingerprint density at radius 1 is 1.72 bits per heavy atom. The van der Waals surface area contributed by atoms with Gasteiger partial charge in [0.25, 0.3) is 0 Å². The van der Waals surface area contributed by atoms with Crippen LogP contribution >= 0.6 is 0 Å². The van der Waals surface area contributed by atoms with Crippen molar-refractivity contribution in [2.24, 2.45) is 0 Å². The summed E-state index contributed by atoms with van der Waals surface area (Å²) in [4.78, 5) is 16.8. The number of alkyl halides is 2. The summed E-state index contributed by atoms with van der Waals surface area (Å²) in [5.74, 6) is 0.0385. The van der Waals surface area contributed by atoms with Gasteiger partial charge in [-0.25, -0.2) is 4.98 Å². The molecule has 0 saturated carbocycles. The predicted octanol–water partition coefficient (Wildman–Crippen LogP) is 1.01. The standard InChI is InChI=1S/C11H16F2N4O/c1-3-4-15-10(18)8-16(2)7-9-14-5-6-17(9)11(12)13/h3,5-6,11H,1,4,7-8H2,2H3,(H,15,18). The zero-order chi connectivity index (χ0) is 13.5. The monoisotopic (exact) mass is 258 g/mol. The van der Waals surface area contributed by atoms with Crippen LogP contribution in [0.2, 0.25) is 0 Å². The maximum Gasteiger partial charge on any atom is 0.319 e. The molecule has 0 aromatic carbocycles. The minimum Gasteiger partial charge on any atom is -0.352 e. The first-order valence-corrected chi connectivity index (χ1v) is 5.40. The molecule has 0 spiro atoms. The van der Waals surface area contributed by atoms with Gasteiger partial charge in [-0.2, -0.15) is 8.78 Å². The SMILES string of the molecule is C=CCNC(=O)CN(C)Cc1nccn1C(F)F. The number of amides is 1. The molecule has 0 aliphatic heterocycles. The maximum atomic E-state index is 12.6. The number of nitrogens with zero attached hydrogens (tertiary/aromatic N) is 3. The second kappa shape index (κ2) is 6.85. The van der Waals surface area contributed by atoms with E-state index in [0.717, 1.165) is 4.57 Å². The lowest BCUT2D eigenvalue weighted by Gasteiger charge is -2.16. The fourth-order valence-electron chi connectivity index (χ4n) is 1.43. The van der Waals surface area contributed by atoms with Gasteiger partial charge < -0.3 is 5.32 Å². The number of rotatable bonds is 7. The molecule has 1 heterocycles. The third-order valence-electron chi connectivity index (χ3n) is 2.23. The molecule has 0 fully saturated rings. The Kier molecular flexibility index (Phi) is 5.44. The van der Waals surface area contributed by atoms with Gasteiger partial charge >= 0.3 is 6.55 Å². The third kappa shape index (κ3) is 4.25. The van der Waals surface area contributed by atoms with Crippen molar-refractivity contribution in [2.75, 3.05) is 20.1 Å². The number of aromatic nitrogens is 2. The Bertz CT molecular complexity index is 406. The van der Waals surface area contributed by atoms with Gasteiger partial charge in [0.05, 0.1) is 13.1 Å². The number of halogens is 2. The first-order valence-electron chi connectivity index (χ1n) is 5.40. The van der Waals surface area contributed by atoms with Crippen molar-refractivity contribution < 1.29 is 13.6 Å². The van der Waals surface area contributed by atoms with Crippen LogP contribution in [0.4, 0.5) is 8.78 Å². The Balaban J connectivity index is 2.48. The van der Waals surface area contributed by atoms with E-state index in [0.29, 0.717) is 6.54 Å². The topological polar surface area (TPSA) is 50.2 Å². The molecular formula is C11H16F2N4O. The molecule has 18 heavy (non-hydrogen) atoms. The highest BCUT2D eigenvalue weighted by Gasteiger charge is 2.14. The molecule has 0 saturated heterocycles. The molecule has 1 aromatic rings. The van der Waals surface area contributed by atoms with Gasteiger partial charge in [0.2, 0.25) is 5.91 Å². The number of carbonyl (C=O) groups is 1. The van der Waals surface area contributed by atoms with Crippen LogP contribution in [-0.4, -0.2) is 40.5 Å². The molecular weight excluding hydrogens is 242 g/mol. The van der Waals surface area contributed by atoms with Crippen LogP contribution < -0.4 is 5.32 Å². The smallest absolute Gasteiger partial charge is 0.319 e. The normalized spacial score (nSPS) is 10.9. The number of carbonyl (C=O) groups excluding carboxylic acids is 1. The van der Waals surface area contributed by atoms with E-state index < -0.39 is 6.55 Å². The highest BCUT2D eigenvalue weighted by atomic mass is 19.3. The molecule has 0 atom stereocenters. The number of imidazole rings is 1. The van der Waals surface area contributed by atoms with Crippen molar-refractivity contribution in [1.29, 1.82) is 0 Å². The molecule has 7 heteroatoms. The molecule has 1 N–H and O–H groups in total. The van der Waals surface area contributed by atoms with Gasteiger partial charge in [0.15, 0.2) is 0 Å². The highest BCUT2D eigenvalue weighted by Crippen LogP contribution is 2.13. The van der Waals surface area contributed by atoms with E-state index in [2.05, 4.69) is 16.9 Å². The van der Waals surface area contributed by atoms with Crippen LogP contribution in [0.1, 0.15) is 12.4 Å². The molecule has 100 valence electrons. The summed E-state index contributed by atoms with van der Waals surface area (Å²) in [7, 11) is 1.66. The summed E-state index contributed by atoms with van der Waals surface area (Å²) in [6, 6.07) is 0. The van der Waals surface area contributed by atoms with Crippen molar-refractivity contribution in [1.82, 2.24) is 19.8 Å². The Morgan fingerprint density at radius 2 is 2.44 bits per heavy atom. The van der Waals surface area contributed by atoms with Crippen molar-refractivity contribution in [3.05, 3.63) is 30.9 Å². The average molecular weight is 258 g/mol. The molecule has 1 rings (SSSR count). The van der Waals surface area contributed by atoms with Crippen LogP contribution in [0.25, 0.3) is 0 Å². The molecule has 5 nitrogen and oxygen atoms in total. The van der Waals surface area contributed by atoms with Crippen LogP contribution in [0.3, 0.4) is 0 Å². The predicted molar refractivity (Wildman–Crippen MR) is 63.0 cm³/mol. The van der Waals surface area contributed by atoms with E-state index in [-0.39, 0.29) is 24.8 Å². The Hall–Kier alpha value is -1.76. The van der Waals surface area contributed by atoms with Gasteiger partial charge in [0, 0.05) is 18.9 Å². The lowest BCUT2D eigenvalue weighted by molar-refractivity contribution is -0.121. The lowest BCUT2D eigenvalue weighted by Crippen LogP contribution is -2.35. The second-order valence-electron chi connectivity index (χ2n) is 3.79. The zero-order valence-electron chi connectivity index (χ0n) is 10.1. The molecule has 1 amide bonds. The van der Waals surface area contributed by atoms with E-state index in [1.54, 1.807) is 18.0 Å². The van der Waals surface area contributed by atoms with Crippen LogP contribution in [0, 0.1) is 0 Å². The molecule has 0 aliphatic rings. The largest absolute Gasteiger partial charge is 0.352 e. The van der Waals surface area contributed by atoms with Crippen molar-refractivity contribution in [2.45, 2.75) is 13.1 Å². The van der Waals surface area contributed by atoms with Gasteiger partial charge in [-0.1, -0.05) is 6.08 Å². The van der Waals surface area contributed by atoms with Gasteiger partial charge in [-0.3, -0.25) is 14.3 Å². The van der Waals surface area contributed by atoms with Crippen LogP contribution in [0.15, 0.2) is 25.0 Å². The maximum absolute atomic E-state index is 12.6. The number of nitrogens with one attached hydrogen (secondary N) is 1. The summed E-state index contributed by atoms with van der Waals surface area (Å²) in [5.41, 5.74) is 0. The summed E-state index contributed by atoms with van der Waals surface area (Å²) in [5, 5.41) is 2.61. The zero-order valence-corrected chi connectivity index (χ0v) is 10.1. The molecule has 0 bridgehead atoms. The summed E-state index contributed by atoms with van der Waals surface area (Å²) in [6.45, 7) is 1.54. The average Bonchev–Trinajstić information content (AvgIpc) is 2.74. The highest BCUT2D eigenvalue weighted by molar-refractivity contribution is 5.78. The summed E-state index contributed by atoms with van der Waals surface area (Å²) >= 11 is 0. The first-order chi connectivity index (χ1) is 8.54. The molecule has 0 aliphatic carbocycles. The van der Waals surface area contributed by atoms with E-state index in [1.165, 1.54) is 12.4 Å². The quantitative estimate of drug-likeness (QED) is 0.743. The summed E-state index contributed by atoms with van der Waals surface area (Å²) < 4.78 is 25.9. The van der Waals surface area contributed by atoms with Gasteiger partial charge in [0.1, 0.15) is 5.82 Å². The first kappa shape index (κ1) is 14.3. The van der Waals surface area contributed by atoms with Crippen LogP contribution in [-0.2, 0) is 11.3 Å². The van der Waals surface area contributed by atoms with Crippen molar-refractivity contribution >= 4 is 5.91 Å². The van der Waals surface area contributed by atoms with Gasteiger partial charge in [-0.05, 0) is 7.05 Å². The Labute approximate surface area is 104 Å². The van der Waals surface area contributed by atoms with Crippen LogP contribution in [0.5, 0.6) is 0 Å². The minimum absolute atomic E-state index is 0.115. The Morgan fingerprint density at radius 3 is 3.06 bits per heavy atom. The van der Waals surface area contributed by atoms with Crippen molar-refractivity contribution in [3.63, 3.8) is 0 Å². The molecule has 1 aromatic heterocycles. The van der Waals surface area contributed by atoms with E-state index >= 15 is 0 Å². The van der Waals surface area contributed by atoms with Crippen molar-refractivity contribution in [3.8, 4) is 0 Å². The second-order valence-corrected chi connectivity index (χ2v) is 3.79. The fourth-order valence-corrected chi connectivity index (χ4v) is 1.43. The molecule has 0 radical (unpaired) electrons. The van der Waals surface area contributed by atoms with E-state index in [9.17, 15) is 13.6 Å². The van der Waals surface area contributed by atoms with E-state index in [4.69, 9.17) is 0 Å². The lowest BCUT2D eigenvalue weighted by atomic mass is 10.4.